The van der Waals surface area contributed by atoms with E-state index in [4.69, 9.17) is 28.4 Å². The number of ether oxygens (including phenoxy) is 6. The summed E-state index contributed by atoms with van der Waals surface area (Å²) in [7, 11) is 8.20. The highest BCUT2D eigenvalue weighted by molar-refractivity contribution is 5.89. The van der Waals surface area contributed by atoms with E-state index in [1.54, 1.807) is 51.7 Å². The maximum Gasteiger partial charge on any atom is 0.338 e. The second-order valence-electron chi connectivity index (χ2n) is 14.3. The van der Waals surface area contributed by atoms with E-state index >= 15 is 0 Å². The van der Waals surface area contributed by atoms with Gasteiger partial charge in [0.05, 0.1) is 30.5 Å². The zero-order valence-electron chi connectivity index (χ0n) is 26.6. The van der Waals surface area contributed by atoms with Gasteiger partial charge in [-0.3, -0.25) is 4.79 Å². The van der Waals surface area contributed by atoms with Gasteiger partial charge in [-0.1, -0.05) is 18.2 Å². The van der Waals surface area contributed by atoms with Gasteiger partial charge in [-0.25, -0.2) is 4.79 Å². The Kier molecular flexibility index (Phi) is 7.28. The molecule has 0 radical (unpaired) electrons. The van der Waals surface area contributed by atoms with Gasteiger partial charge in [0.15, 0.2) is 5.60 Å². The largest absolute Gasteiger partial charge is 0.455 e. The van der Waals surface area contributed by atoms with E-state index in [1.165, 1.54) is 14.0 Å². The Morgan fingerprint density at radius 3 is 2.31 bits per heavy atom. The number of rotatable bonds is 8. The van der Waals surface area contributed by atoms with E-state index in [0.717, 1.165) is 0 Å². The predicted molar refractivity (Wildman–Crippen MR) is 156 cm³/mol. The van der Waals surface area contributed by atoms with Crippen LogP contribution in [0.4, 0.5) is 0 Å². The lowest BCUT2D eigenvalue weighted by atomic mass is 9.42. The maximum absolute atomic E-state index is 13.7. The van der Waals surface area contributed by atoms with Crippen LogP contribution in [0.5, 0.6) is 0 Å². The number of hydrogen-bond acceptors (Lipinski definition) is 12. The fourth-order valence-corrected chi connectivity index (χ4v) is 12.2. The average Bonchev–Trinajstić information content (AvgIpc) is 3.40. The van der Waals surface area contributed by atoms with Crippen molar-refractivity contribution in [1.82, 2.24) is 4.90 Å². The summed E-state index contributed by atoms with van der Waals surface area (Å²) < 4.78 is 37.2. The molecule has 12 nitrogen and oxygen atoms in total. The molecule has 0 amide bonds. The van der Waals surface area contributed by atoms with E-state index in [-0.39, 0.29) is 25.0 Å². The lowest BCUT2D eigenvalue weighted by Gasteiger charge is -2.70. The third-order valence-electron chi connectivity index (χ3n) is 12.9. The molecule has 1 saturated heterocycles. The van der Waals surface area contributed by atoms with Gasteiger partial charge < -0.3 is 48.6 Å². The second kappa shape index (κ2) is 10.4. The Balaban J connectivity index is 1.52. The highest BCUT2D eigenvalue weighted by Gasteiger charge is 2.92. The van der Waals surface area contributed by atoms with Crippen molar-refractivity contribution < 1.29 is 53.3 Å². The predicted octanol–water partition coefficient (Wildman–Crippen LogP) is 0.258. The molecule has 248 valence electrons. The van der Waals surface area contributed by atoms with E-state index in [9.17, 15) is 24.9 Å². The Morgan fingerprint density at radius 1 is 1.00 bits per heavy atom. The minimum absolute atomic E-state index is 0.0754. The number of piperidine rings is 1. The number of likely N-dealkylation sites (tertiary alicyclic amines) is 1. The fraction of sp³-hybridized carbons (Fsp3) is 0.758. The summed E-state index contributed by atoms with van der Waals surface area (Å²) in [5.41, 5.74) is -4.79. The highest BCUT2D eigenvalue weighted by atomic mass is 16.6. The summed E-state index contributed by atoms with van der Waals surface area (Å²) >= 11 is 0. The van der Waals surface area contributed by atoms with Gasteiger partial charge in [-0.2, -0.15) is 0 Å². The van der Waals surface area contributed by atoms with Crippen LogP contribution in [0, 0.1) is 34.5 Å². The first-order chi connectivity index (χ1) is 21.4. The van der Waals surface area contributed by atoms with Crippen molar-refractivity contribution in [1.29, 1.82) is 0 Å². The van der Waals surface area contributed by atoms with Gasteiger partial charge >= 0.3 is 11.9 Å². The van der Waals surface area contributed by atoms with Gasteiger partial charge in [0.2, 0.25) is 0 Å². The first kappa shape index (κ1) is 31.4. The maximum atomic E-state index is 13.7. The summed E-state index contributed by atoms with van der Waals surface area (Å²) in [6, 6.07) is 8.15. The smallest absolute Gasteiger partial charge is 0.338 e. The number of methoxy groups -OCH3 is 4. The normalized spacial score (nSPS) is 50.7. The lowest BCUT2D eigenvalue weighted by Crippen LogP contribution is -2.81. The Morgan fingerprint density at radius 2 is 1.71 bits per heavy atom. The third-order valence-corrected chi connectivity index (χ3v) is 12.9. The molecule has 7 bridgehead atoms. The number of fused-ring (bicyclic) bond motifs is 2. The summed E-state index contributed by atoms with van der Waals surface area (Å²) in [5.74, 6) is -3.66. The van der Waals surface area contributed by atoms with E-state index in [2.05, 4.69) is 4.90 Å². The zero-order valence-corrected chi connectivity index (χ0v) is 26.6. The van der Waals surface area contributed by atoms with Crippen molar-refractivity contribution in [3.05, 3.63) is 35.9 Å². The Hall–Kier alpha value is -2.16. The molecule has 7 rings (SSSR count). The van der Waals surface area contributed by atoms with Crippen LogP contribution in [0.25, 0.3) is 0 Å². The number of hydrogen-bond donors (Lipinski definition) is 3. The van der Waals surface area contributed by atoms with Gasteiger partial charge in [0.25, 0.3) is 0 Å². The second-order valence-corrected chi connectivity index (χ2v) is 14.3. The molecule has 45 heavy (non-hydrogen) atoms. The molecular formula is C33H45NO11. The molecule has 1 spiro atoms. The van der Waals surface area contributed by atoms with E-state index < -0.39 is 88.3 Å². The molecule has 1 aromatic rings. The summed E-state index contributed by atoms with van der Waals surface area (Å²) in [6.45, 7) is 2.00. The first-order valence-electron chi connectivity index (χ1n) is 15.8. The molecule has 5 saturated carbocycles. The molecule has 15 atom stereocenters. The van der Waals surface area contributed by atoms with Gasteiger partial charge in [0.1, 0.15) is 23.9 Å². The molecule has 1 aromatic carbocycles. The van der Waals surface area contributed by atoms with Crippen molar-refractivity contribution in [2.45, 2.75) is 73.6 Å². The minimum Gasteiger partial charge on any atom is -0.455 e. The van der Waals surface area contributed by atoms with Crippen molar-refractivity contribution >= 4 is 11.9 Å². The number of aliphatic hydroxyl groups is 3. The molecule has 0 aromatic heterocycles. The van der Waals surface area contributed by atoms with Crippen LogP contribution in [0.2, 0.25) is 0 Å². The molecule has 1 heterocycles. The summed E-state index contributed by atoms with van der Waals surface area (Å²) in [6.07, 6.45) is -5.50. The van der Waals surface area contributed by atoms with E-state index in [1.807, 2.05) is 7.05 Å². The van der Waals surface area contributed by atoms with Crippen LogP contribution < -0.4 is 0 Å². The monoisotopic (exact) mass is 631 g/mol. The fourth-order valence-electron chi connectivity index (χ4n) is 12.2. The summed E-state index contributed by atoms with van der Waals surface area (Å²) in [4.78, 5) is 29.1. The first-order valence-corrected chi connectivity index (χ1v) is 15.8. The zero-order chi connectivity index (χ0) is 32.3. The molecule has 1 aliphatic heterocycles. The van der Waals surface area contributed by atoms with Crippen LogP contribution in [0.1, 0.15) is 30.1 Å². The Bertz CT molecular complexity index is 1350. The number of carbonyl (C=O) groups is 2. The van der Waals surface area contributed by atoms with Crippen LogP contribution in [-0.2, 0) is 33.2 Å². The molecule has 0 unspecified atom stereocenters. The van der Waals surface area contributed by atoms with Crippen molar-refractivity contribution in [3.8, 4) is 0 Å². The van der Waals surface area contributed by atoms with Gasteiger partial charge in [-0.15, -0.1) is 0 Å². The standard InChI is InChI=1S/C33H45NO11/c1-16(35)45-33-21-18(13-31(39,28(43-6)26(33)37)27(21)44-29(38)17-10-8-7-9-11-17)32-20(41-4)12-19(36)30(15-40-3)14-34(2)25(32)22(33)23(42-5)24(30)32/h7-11,18-28,36-37,39H,12-15H2,1-6H3/t18-,19-,20+,21-,22-,23+,24-,25-,26+,27-,28+,30+,31-,32+,33-/m1/s1. The van der Waals surface area contributed by atoms with Gasteiger partial charge in [0, 0.05) is 83.0 Å². The summed E-state index contributed by atoms with van der Waals surface area (Å²) in [5, 5.41) is 37.0. The SMILES string of the molecule is COC[C@]12CN(C)[C@@H]3[C@H]4[C@H](OC)[C@H]1[C@@]3([C@@H](OC)C[C@H]2O)[C@@H]1C[C@@]2(O)[C@H](OC(=O)c3ccccc3)[C@@H]1[C@]4(OC(C)=O)[C@@H](O)[C@@H]2OC. The number of benzene rings is 1. The number of carbonyl (C=O) groups excluding carboxylic acids is 2. The minimum atomic E-state index is -1.83. The molecule has 12 heteroatoms. The van der Waals surface area contributed by atoms with E-state index in [0.29, 0.717) is 18.5 Å². The highest BCUT2D eigenvalue weighted by Crippen LogP contribution is 2.80. The topological polar surface area (TPSA) is 153 Å². The molecule has 3 N–H and O–H groups in total. The number of esters is 2. The van der Waals surface area contributed by atoms with Gasteiger partial charge in [-0.05, 0) is 31.5 Å². The number of aliphatic hydroxyl groups excluding tert-OH is 2. The van der Waals surface area contributed by atoms with Crippen LogP contribution >= 0.6 is 0 Å². The van der Waals surface area contributed by atoms with Crippen LogP contribution in [0.3, 0.4) is 0 Å². The lowest BCUT2D eigenvalue weighted by molar-refractivity contribution is -0.321. The van der Waals surface area contributed by atoms with Crippen molar-refractivity contribution in [2.75, 3.05) is 48.6 Å². The molecule has 6 aliphatic rings. The molecule has 6 fully saturated rings. The van der Waals surface area contributed by atoms with Crippen molar-refractivity contribution in [2.24, 2.45) is 34.5 Å². The number of nitrogens with zero attached hydrogens (tertiary/aromatic N) is 1. The Labute approximate surface area is 262 Å². The quantitative estimate of drug-likeness (QED) is 0.337. The van der Waals surface area contributed by atoms with Crippen molar-refractivity contribution in [3.63, 3.8) is 0 Å². The van der Waals surface area contributed by atoms with Crippen LogP contribution in [0.15, 0.2) is 30.3 Å². The van der Waals surface area contributed by atoms with Crippen LogP contribution in [-0.4, -0.2) is 135 Å². The average molecular weight is 632 g/mol. The molecule has 5 aliphatic carbocycles. The molecular weight excluding hydrogens is 586 g/mol. The third kappa shape index (κ3) is 3.55.